The largest absolute Gasteiger partial charge is 0.494 e. The molecule has 2 aromatic rings. The van der Waals surface area contributed by atoms with Crippen LogP contribution in [0.5, 0.6) is 5.75 Å². The molecule has 0 bridgehead atoms. The Kier molecular flexibility index (Phi) is 5.22. The van der Waals surface area contributed by atoms with Crippen LogP contribution in [0.15, 0.2) is 47.1 Å². The topological polar surface area (TPSA) is 49.4 Å². The smallest absolute Gasteiger partial charge is 0.119 e. The maximum Gasteiger partial charge on any atom is 0.119 e. The van der Waals surface area contributed by atoms with Gasteiger partial charge in [0, 0.05) is 6.54 Å². The van der Waals surface area contributed by atoms with Gasteiger partial charge >= 0.3 is 0 Å². The van der Waals surface area contributed by atoms with Gasteiger partial charge in [-0.3, -0.25) is 4.90 Å². The molecule has 2 rings (SSSR count). The molecule has 4 heteroatoms. The number of nitrogens with zero attached hydrogens (tertiary/aromatic N) is 2. The third kappa shape index (κ3) is 4.45. The van der Waals surface area contributed by atoms with Crippen LogP contribution in [0.4, 0.5) is 0 Å². The van der Waals surface area contributed by atoms with Crippen LogP contribution in [-0.2, 0) is 6.54 Å². The second-order valence-corrected chi connectivity index (χ2v) is 4.66. The molecule has 0 amide bonds. The van der Waals surface area contributed by atoms with Gasteiger partial charge in [0.2, 0.25) is 0 Å². The maximum absolute atomic E-state index is 8.71. The van der Waals surface area contributed by atoms with Crippen LogP contribution in [0, 0.1) is 11.3 Å². The average Bonchev–Trinajstić information content (AvgIpc) is 2.97. The zero-order chi connectivity index (χ0) is 14.2. The molecule has 0 unspecified atom stereocenters. The lowest BCUT2D eigenvalue weighted by molar-refractivity contribution is 0.247. The summed E-state index contributed by atoms with van der Waals surface area (Å²) in [5.41, 5.74) is 0.649. The molecule has 0 radical (unpaired) electrons. The highest BCUT2D eigenvalue weighted by atomic mass is 16.5. The molecule has 20 heavy (non-hydrogen) atoms. The summed E-state index contributed by atoms with van der Waals surface area (Å²) < 4.78 is 10.9. The molecule has 0 saturated carbocycles. The van der Waals surface area contributed by atoms with Gasteiger partial charge in [-0.25, -0.2) is 0 Å². The summed E-state index contributed by atoms with van der Waals surface area (Å²) >= 11 is 0. The number of furan rings is 1. The summed E-state index contributed by atoms with van der Waals surface area (Å²) in [5, 5.41) is 8.71. The van der Waals surface area contributed by atoms with Gasteiger partial charge in [-0.1, -0.05) is 0 Å². The van der Waals surface area contributed by atoms with E-state index >= 15 is 0 Å². The Labute approximate surface area is 119 Å². The van der Waals surface area contributed by atoms with E-state index in [0.29, 0.717) is 12.2 Å². The van der Waals surface area contributed by atoms with Crippen molar-refractivity contribution < 1.29 is 9.15 Å². The van der Waals surface area contributed by atoms with Gasteiger partial charge in [0.25, 0.3) is 0 Å². The zero-order valence-corrected chi connectivity index (χ0v) is 11.6. The van der Waals surface area contributed by atoms with Crippen molar-refractivity contribution in [1.29, 1.82) is 5.26 Å². The highest BCUT2D eigenvalue weighted by Gasteiger charge is 2.02. The van der Waals surface area contributed by atoms with Crippen LogP contribution in [0.3, 0.4) is 0 Å². The van der Waals surface area contributed by atoms with E-state index in [2.05, 4.69) is 18.0 Å². The minimum atomic E-state index is 0.649. The molecule has 1 heterocycles. The molecule has 0 fully saturated rings. The monoisotopic (exact) mass is 270 g/mol. The number of ether oxygens (including phenoxy) is 1. The van der Waals surface area contributed by atoms with Crippen molar-refractivity contribution in [1.82, 2.24) is 4.90 Å². The fourth-order valence-electron chi connectivity index (χ4n) is 1.90. The Morgan fingerprint density at radius 2 is 2.05 bits per heavy atom. The fraction of sp³-hybridized carbons (Fsp3) is 0.312. The first-order chi connectivity index (χ1) is 9.78. The van der Waals surface area contributed by atoms with Gasteiger partial charge in [0.15, 0.2) is 0 Å². The van der Waals surface area contributed by atoms with Gasteiger partial charge in [-0.2, -0.15) is 5.26 Å². The highest BCUT2D eigenvalue weighted by Crippen LogP contribution is 2.12. The number of rotatable bonds is 7. The predicted octanol–water partition coefficient (Wildman–Crippen LogP) is 3.05. The molecule has 0 saturated heterocycles. The van der Waals surface area contributed by atoms with E-state index in [-0.39, 0.29) is 0 Å². The Bertz CT molecular complexity index is 541. The second-order valence-electron chi connectivity index (χ2n) is 4.66. The van der Waals surface area contributed by atoms with Gasteiger partial charge < -0.3 is 9.15 Å². The summed E-state index contributed by atoms with van der Waals surface area (Å²) in [6.07, 6.45) is 2.63. The van der Waals surface area contributed by atoms with Gasteiger partial charge in [0.05, 0.1) is 31.0 Å². The number of hydrogen-bond donors (Lipinski definition) is 0. The standard InChI is InChI=1S/C16H18N2O2/c1-18(13-16-4-2-10-20-16)9-3-11-19-15-7-5-14(12-17)6-8-15/h2,4-8,10H,3,9,11,13H2,1H3. The Balaban J connectivity index is 1.64. The van der Waals surface area contributed by atoms with E-state index < -0.39 is 0 Å². The molecular weight excluding hydrogens is 252 g/mol. The molecule has 0 aliphatic rings. The molecule has 0 spiro atoms. The van der Waals surface area contributed by atoms with Crippen LogP contribution in [0.1, 0.15) is 17.7 Å². The van der Waals surface area contributed by atoms with Crippen molar-refractivity contribution in [3.05, 3.63) is 54.0 Å². The quantitative estimate of drug-likeness (QED) is 0.726. The first kappa shape index (κ1) is 14.2. The summed E-state index contributed by atoms with van der Waals surface area (Å²) in [4.78, 5) is 2.20. The number of hydrogen-bond acceptors (Lipinski definition) is 4. The second kappa shape index (κ2) is 7.37. The van der Waals surface area contributed by atoms with E-state index in [4.69, 9.17) is 14.4 Å². The van der Waals surface area contributed by atoms with Crippen molar-refractivity contribution in [3.8, 4) is 11.8 Å². The van der Waals surface area contributed by atoms with Crippen LogP contribution in [0.25, 0.3) is 0 Å². The minimum absolute atomic E-state index is 0.649. The lowest BCUT2D eigenvalue weighted by atomic mass is 10.2. The van der Waals surface area contributed by atoms with Crippen molar-refractivity contribution in [2.75, 3.05) is 20.2 Å². The van der Waals surface area contributed by atoms with Crippen LogP contribution in [-0.4, -0.2) is 25.1 Å². The SMILES string of the molecule is CN(CCCOc1ccc(C#N)cc1)Cc1ccco1. The van der Waals surface area contributed by atoms with Crippen molar-refractivity contribution >= 4 is 0 Å². The Morgan fingerprint density at radius 3 is 2.70 bits per heavy atom. The zero-order valence-electron chi connectivity index (χ0n) is 11.6. The summed E-state index contributed by atoms with van der Waals surface area (Å²) in [7, 11) is 2.06. The van der Waals surface area contributed by atoms with E-state index in [0.717, 1.165) is 31.0 Å². The third-order valence-electron chi connectivity index (χ3n) is 2.94. The molecule has 0 aliphatic heterocycles. The average molecular weight is 270 g/mol. The van der Waals surface area contributed by atoms with Crippen molar-refractivity contribution in [2.24, 2.45) is 0 Å². The van der Waals surface area contributed by atoms with Crippen LogP contribution < -0.4 is 4.74 Å². The minimum Gasteiger partial charge on any atom is -0.494 e. The summed E-state index contributed by atoms with van der Waals surface area (Å²) in [6.45, 7) is 2.41. The Hall–Kier alpha value is -2.25. The first-order valence-corrected chi connectivity index (χ1v) is 6.62. The van der Waals surface area contributed by atoms with Gasteiger partial charge in [-0.15, -0.1) is 0 Å². The normalized spacial score (nSPS) is 10.4. The first-order valence-electron chi connectivity index (χ1n) is 6.62. The molecule has 0 atom stereocenters. The van der Waals surface area contributed by atoms with Gasteiger partial charge in [0.1, 0.15) is 11.5 Å². The predicted molar refractivity (Wildman–Crippen MR) is 76.3 cm³/mol. The van der Waals surface area contributed by atoms with E-state index in [1.165, 1.54) is 0 Å². The third-order valence-corrected chi connectivity index (χ3v) is 2.94. The van der Waals surface area contributed by atoms with Crippen LogP contribution >= 0.6 is 0 Å². The molecule has 1 aromatic heterocycles. The molecule has 0 aliphatic carbocycles. The van der Waals surface area contributed by atoms with Crippen LogP contribution in [0.2, 0.25) is 0 Å². The van der Waals surface area contributed by atoms with E-state index in [1.54, 1.807) is 18.4 Å². The molecule has 1 aromatic carbocycles. The lowest BCUT2D eigenvalue weighted by Crippen LogP contribution is -2.20. The van der Waals surface area contributed by atoms with Crippen molar-refractivity contribution in [3.63, 3.8) is 0 Å². The summed E-state index contributed by atoms with van der Waals surface area (Å²) in [5.74, 6) is 1.78. The number of benzene rings is 1. The molecule has 0 N–H and O–H groups in total. The number of nitriles is 1. The molecule has 4 nitrogen and oxygen atoms in total. The van der Waals surface area contributed by atoms with Gasteiger partial charge in [-0.05, 0) is 49.9 Å². The van der Waals surface area contributed by atoms with E-state index in [9.17, 15) is 0 Å². The summed E-state index contributed by atoms with van der Waals surface area (Å²) in [6, 6.07) is 13.1. The maximum atomic E-state index is 8.71. The fourth-order valence-corrected chi connectivity index (χ4v) is 1.90. The molecular formula is C16H18N2O2. The highest BCUT2D eigenvalue weighted by molar-refractivity contribution is 5.34. The molecule has 104 valence electrons. The van der Waals surface area contributed by atoms with Crippen molar-refractivity contribution in [2.45, 2.75) is 13.0 Å². The van der Waals surface area contributed by atoms with E-state index in [1.807, 2.05) is 24.3 Å². The Morgan fingerprint density at radius 1 is 1.25 bits per heavy atom. The lowest BCUT2D eigenvalue weighted by Gasteiger charge is -2.15.